The molecule has 1 aromatic carbocycles. The first-order valence-electron chi connectivity index (χ1n) is 6.04. The minimum absolute atomic E-state index is 0.491. The first kappa shape index (κ1) is 15.0. The van der Waals surface area contributed by atoms with Gasteiger partial charge in [-0.2, -0.15) is 4.37 Å². The number of halogens is 1. The summed E-state index contributed by atoms with van der Waals surface area (Å²) < 4.78 is 6.30. The average molecular weight is 358 g/mol. The molecule has 1 heterocycles. The molecule has 0 fully saturated rings. The molecule has 0 aliphatic carbocycles. The highest BCUT2D eigenvalue weighted by molar-refractivity contribution is 9.10. The van der Waals surface area contributed by atoms with Gasteiger partial charge in [0.25, 0.3) is 0 Å². The lowest BCUT2D eigenvalue weighted by atomic mass is 10.2. The summed E-state index contributed by atoms with van der Waals surface area (Å²) in [5, 5.41) is 3.42. The summed E-state index contributed by atoms with van der Waals surface area (Å²) in [6.07, 6.45) is 0. The van der Waals surface area contributed by atoms with E-state index >= 15 is 0 Å². The second-order valence-electron chi connectivity index (χ2n) is 4.50. The number of aromatic nitrogens is 2. The van der Waals surface area contributed by atoms with Crippen LogP contribution in [0, 0.1) is 6.92 Å². The van der Waals surface area contributed by atoms with Crippen LogP contribution in [0.1, 0.15) is 25.2 Å². The molecule has 0 saturated carbocycles. The molecule has 1 aromatic heterocycles. The van der Waals surface area contributed by atoms with E-state index in [0.717, 1.165) is 21.2 Å². The average Bonchev–Trinajstić information content (AvgIpc) is 2.73. The third-order valence-corrected chi connectivity index (χ3v) is 5.01. The number of benzene rings is 1. The summed E-state index contributed by atoms with van der Waals surface area (Å²) in [6.45, 7) is 7.09. The zero-order chi connectivity index (χ0) is 13.8. The molecule has 0 atom stereocenters. The van der Waals surface area contributed by atoms with E-state index < -0.39 is 0 Å². The Hall–Kier alpha value is -0.430. The maximum atomic E-state index is 4.36. The third-order valence-electron chi connectivity index (χ3n) is 2.44. The van der Waals surface area contributed by atoms with Crippen LogP contribution in [0.4, 0.5) is 0 Å². The van der Waals surface area contributed by atoms with Gasteiger partial charge in [0.1, 0.15) is 5.82 Å². The summed E-state index contributed by atoms with van der Waals surface area (Å²) in [7, 11) is 0. The van der Waals surface area contributed by atoms with Gasteiger partial charge in [-0.15, -0.1) is 0 Å². The summed E-state index contributed by atoms with van der Waals surface area (Å²) in [5.74, 6) is 0.837. The monoisotopic (exact) mass is 357 g/mol. The van der Waals surface area contributed by atoms with E-state index in [4.69, 9.17) is 0 Å². The molecule has 0 saturated heterocycles. The Morgan fingerprint density at radius 1 is 1.42 bits per heavy atom. The Balaban J connectivity index is 2.06. The van der Waals surface area contributed by atoms with Crippen LogP contribution in [0.2, 0.25) is 0 Å². The van der Waals surface area contributed by atoms with Gasteiger partial charge in [0.05, 0.1) is 0 Å². The molecule has 0 radical (unpaired) electrons. The highest BCUT2D eigenvalue weighted by Gasteiger charge is 2.06. The minimum atomic E-state index is 0.491. The number of nitrogens with one attached hydrogen (secondary N) is 1. The Kier molecular flexibility index (Phi) is 5.38. The maximum Gasteiger partial charge on any atom is 0.174 e. The molecule has 0 unspecified atom stereocenters. The molecule has 3 nitrogen and oxygen atoms in total. The van der Waals surface area contributed by atoms with Crippen LogP contribution < -0.4 is 5.32 Å². The molecule has 1 N–H and O–H groups in total. The molecule has 19 heavy (non-hydrogen) atoms. The van der Waals surface area contributed by atoms with Crippen molar-refractivity contribution in [3.05, 3.63) is 34.1 Å². The van der Waals surface area contributed by atoms with Gasteiger partial charge in [0.2, 0.25) is 0 Å². The minimum Gasteiger partial charge on any atom is -0.310 e. The van der Waals surface area contributed by atoms with Crippen molar-refractivity contribution in [3.63, 3.8) is 0 Å². The number of hydrogen-bond donors (Lipinski definition) is 1. The molecule has 2 rings (SSSR count). The molecular formula is C13H16BrN3S2. The lowest BCUT2D eigenvalue weighted by Crippen LogP contribution is -2.21. The van der Waals surface area contributed by atoms with Gasteiger partial charge in [-0.05, 0) is 36.2 Å². The topological polar surface area (TPSA) is 37.8 Å². The van der Waals surface area contributed by atoms with E-state index in [1.165, 1.54) is 22.0 Å². The molecule has 0 bridgehead atoms. The van der Waals surface area contributed by atoms with Gasteiger partial charge in [0, 0.05) is 22.0 Å². The van der Waals surface area contributed by atoms with E-state index in [1.54, 1.807) is 11.8 Å². The van der Waals surface area contributed by atoms with Gasteiger partial charge in [-0.25, -0.2) is 4.98 Å². The first-order chi connectivity index (χ1) is 9.04. The van der Waals surface area contributed by atoms with Gasteiger partial charge in [-0.3, -0.25) is 0 Å². The van der Waals surface area contributed by atoms with Crippen LogP contribution in [0.15, 0.2) is 31.9 Å². The van der Waals surface area contributed by atoms with Crippen molar-refractivity contribution < 1.29 is 0 Å². The molecular weight excluding hydrogens is 342 g/mol. The summed E-state index contributed by atoms with van der Waals surface area (Å²) in [5.41, 5.74) is 1.27. The molecule has 0 aliphatic heterocycles. The molecule has 0 aliphatic rings. The zero-order valence-corrected chi connectivity index (χ0v) is 14.3. The predicted molar refractivity (Wildman–Crippen MR) is 84.9 cm³/mol. The predicted octanol–water partition coefficient (Wildman–Crippen LogP) is 4.26. The fourth-order valence-electron chi connectivity index (χ4n) is 1.47. The van der Waals surface area contributed by atoms with Crippen LogP contribution in [-0.4, -0.2) is 15.4 Å². The van der Waals surface area contributed by atoms with Crippen molar-refractivity contribution in [3.8, 4) is 0 Å². The first-order valence-corrected chi connectivity index (χ1v) is 8.43. The number of rotatable bonds is 5. The van der Waals surface area contributed by atoms with Crippen molar-refractivity contribution in [2.24, 2.45) is 0 Å². The Morgan fingerprint density at radius 2 is 2.21 bits per heavy atom. The standard InChI is InChI=1S/C13H16BrN3S2/c1-8(2)15-7-10-4-5-11(6-12(10)14)18-13-16-9(3)17-19-13/h4-6,8,15H,7H2,1-3H3. The van der Waals surface area contributed by atoms with Gasteiger partial charge >= 0.3 is 0 Å². The van der Waals surface area contributed by atoms with Crippen molar-refractivity contribution in [2.45, 2.75) is 42.6 Å². The van der Waals surface area contributed by atoms with Crippen molar-refractivity contribution in [1.29, 1.82) is 0 Å². The van der Waals surface area contributed by atoms with Crippen LogP contribution in [-0.2, 0) is 6.54 Å². The lowest BCUT2D eigenvalue weighted by molar-refractivity contribution is 0.587. The lowest BCUT2D eigenvalue weighted by Gasteiger charge is -2.10. The molecule has 102 valence electrons. The zero-order valence-electron chi connectivity index (χ0n) is 11.1. The Bertz CT molecular complexity index is 555. The van der Waals surface area contributed by atoms with E-state index in [2.05, 4.69) is 62.7 Å². The van der Waals surface area contributed by atoms with E-state index in [-0.39, 0.29) is 0 Å². The second-order valence-corrected chi connectivity index (χ2v) is 7.43. The number of hydrogen-bond acceptors (Lipinski definition) is 5. The smallest absolute Gasteiger partial charge is 0.174 e. The van der Waals surface area contributed by atoms with Crippen LogP contribution in [0.25, 0.3) is 0 Å². The third kappa shape index (κ3) is 4.56. The van der Waals surface area contributed by atoms with E-state index in [1.807, 2.05) is 6.92 Å². The summed E-state index contributed by atoms with van der Waals surface area (Å²) in [6, 6.07) is 6.91. The number of aryl methyl sites for hydroxylation is 1. The van der Waals surface area contributed by atoms with E-state index in [0.29, 0.717) is 6.04 Å². The normalized spacial score (nSPS) is 11.2. The largest absolute Gasteiger partial charge is 0.310 e. The molecule has 0 spiro atoms. The quantitative estimate of drug-likeness (QED) is 0.867. The highest BCUT2D eigenvalue weighted by Crippen LogP contribution is 2.31. The Morgan fingerprint density at radius 3 is 2.79 bits per heavy atom. The SMILES string of the molecule is Cc1nsc(Sc2ccc(CNC(C)C)c(Br)c2)n1. The maximum absolute atomic E-state index is 4.36. The van der Waals surface area contributed by atoms with Gasteiger partial charge in [-0.1, -0.05) is 47.6 Å². The highest BCUT2D eigenvalue weighted by atomic mass is 79.9. The van der Waals surface area contributed by atoms with Crippen LogP contribution in [0.3, 0.4) is 0 Å². The van der Waals surface area contributed by atoms with Crippen molar-refractivity contribution in [1.82, 2.24) is 14.7 Å². The van der Waals surface area contributed by atoms with Crippen LogP contribution >= 0.6 is 39.2 Å². The van der Waals surface area contributed by atoms with Crippen molar-refractivity contribution >= 4 is 39.2 Å². The van der Waals surface area contributed by atoms with E-state index in [9.17, 15) is 0 Å². The second kappa shape index (κ2) is 6.83. The molecule has 2 aromatic rings. The summed E-state index contributed by atoms with van der Waals surface area (Å²) >= 11 is 6.72. The van der Waals surface area contributed by atoms with Gasteiger partial charge < -0.3 is 5.32 Å². The summed E-state index contributed by atoms with van der Waals surface area (Å²) in [4.78, 5) is 5.54. The fourth-order valence-corrected chi connectivity index (χ4v) is 3.81. The Labute approximate surface area is 130 Å². The fraction of sp³-hybridized carbons (Fsp3) is 0.385. The van der Waals surface area contributed by atoms with Gasteiger partial charge in [0.15, 0.2) is 4.34 Å². The number of nitrogens with zero attached hydrogens (tertiary/aromatic N) is 2. The molecule has 6 heteroatoms. The molecule has 0 amide bonds. The van der Waals surface area contributed by atoms with Crippen molar-refractivity contribution in [2.75, 3.05) is 0 Å². The van der Waals surface area contributed by atoms with Crippen LogP contribution in [0.5, 0.6) is 0 Å².